The van der Waals surface area contributed by atoms with Gasteiger partial charge in [-0.05, 0) is 66.3 Å². The number of carbonyl (C=O) groups is 2. The molecule has 7 nitrogen and oxygen atoms in total. The molecule has 0 aliphatic carbocycles. The maximum Gasteiger partial charge on any atom is 0.249 e. The van der Waals surface area contributed by atoms with Crippen LogP contribution in [0.15, 0.2) is 72.0 Å². The van der Waals surface area contributed by atoms with Crippen molar-refractivity contribution in [3.05, 3.63) is 88.1 Å². The molecule has 0 aromatic heterocycles. The minimum Gasteiger partial charge on any atom is -0.380 e. The van der Waals surface area contributed by atoms with E-state index in [9.17, 15) is 14.7 Å². The van der Waals surface area contributed by atoms with Crippen LogP contribution >= 0.6 is 11.6 Å². The number of carbonyl (C=O) groups excluding carboxylic acids is 2. The van der Waals surface area contributed by atoms with Crippen LogP contribution in [0.2, 0.25) is 5.02 Å². The first-order valence-corrected chi connectivity index (χ1v) is 12.8. The van der Waals surface area contributed by atoms with Gasteiger partial charge in [0.25, 0.3) is 0 Å². The summed E-state index contributed by atoms with van der Waals surface area (Å²) in [5, 5.41) is 20.5. The van der Waals surface area contributed by atoms with Gasteiger partial charge in [-0.25, -0.2) is 0 Å². The number of halogens is 1. The minimum atomic E-state index is -0.753. The van der Waals surface area contributed by atoms with E-state index in [-0.39, 0.29) is 30.3 Å². The second-order valence-electron chi connectivity index (χ2n) is 9.70. The number of nitrogens with zero attached hydrogens (tertiary/aromatic N) is 1. The fraction of sp³-hybridized carbons (Fsp3) is 0.357. The first kappa shape index (κ1) is 24.6. The van der Waals surface area contributed by atoms with Crippen molar-refractivity contribution in [2.75, 3.05) is 11.9 Å². The second-order valence-corrected chi connectivity index (χ2v) is 10.1. The maximum absolute atomic E-state index is 13.6. The number of allylic oxidation sites excluding steroid dienone is 1. The number of likely N-dealkylation sites (N-methyl/N-ethyl adjacent to an activating group) is 1. The number of fused-ring (bicyclic) bond motifs is 4. The molecule has 4 N–H and O–H groups in total. The van der Waals surface area contributed by atoms with Crippen LogP contribution in [0.3, 0.4) is 0 Å². The Morgan fingerprint density at radius 1 is 1.06 bits per heavy atom. The highest BCUT2D eigenvalue weighted by Crippen LogP contribution is 2.29. The first-order chi connectivity index (χ1) is 17.4. The summed E-state index contributed by atoms with van der Waals surface area (Å²) in [6.07, 6.45) is 6.12. The zero-order valence-corrected chi connectivity index (χ0v) is 21.0. The van der Waals surface area contributed by atoms with Crippen LogP contribution in [0.5, 0.6) is 0 Å². The first-order valence-electron chi connectivity index (χ1n) is 12.4. The van der Waals surface area contributed by atoms with E-state index < -0.39 is 12.3 Å². The number of aliphatic hydroxyl groups excluding tert-OH is 1. The number of rotatable bonds is 2. The Bertz CT molecular complexity index is 1210. The molecule has 3 aliphatic heterocycles. The molecule has 2 amide bonds. The summed E-state index contributed by atoms with van der Waals surface area (Å²) in [5.41, 5.74) is 4.92. The topological polar surface area (TPSA) is 93.7 Å². The highest BCUT2D eigenvalue weighted by Gasteiger charge is 2.37. The molecule has 36 heavy (non-hydrogen) atoms. The highest BCUT2D eigenvalue weighted by molar-refractivity contribution is 6.30. The van der Waals surface area contributed by atoms with Crippen molar-refractivity contribution < 1.29 is 14.7 Å². The van der Waals surface area contributed by atoms with Crippen molar-refractivity contribution >= 4 is 29.1 Å². The standard InChI is InChI=1S/C28H31ClN4O3/c1-33(20-10-8-19(29)9-11-20)28(36)24-15-18-6-2-4-17(14-18)5-3-7-22-21(16-26(35)31-24)27-23(30-22)12-13-25(34)32-27/h2,4,6,8-14,23-25,27,30,32,34H,3,5,7,15-16H2,1H3,(H,31,35)/t23?,24-,25?,27?/m0/s1. The summed E-state index contributed by atoms with van der Waals surface area (Å²) in [5.74, 6) is -0.411. The minimum absolute atomic E-state index is 0.00380. The van der Waals surface area contributed by atoms with Crippen molar-refractivity contribution in [3.63, 3.8) is 0 Å². The number of nitrogens with one attached hydrogen (secondary N) is 3. The molecule has 3 heterocycles. The Morgan fingerprint density at radius 2 is 1.83 bits per heavy atom. The molecule has 2 bridgehead atoms. The van der Waals surface area contributed by atoms with Crippen LogP contribution in [0, 0.1) is 0 Å². The Hall–Kier alpha value is -3.13. The number of hydrogen-bond acceptors (Lipinski definition) is 5. The van der Waals surface area contributed by atoms with E-state index in [0.29, 0.717) is 17.1 Å². The lowest BCUT2D eigenvalue weighted by atomic mass is 9.95. The van der Waals surface area contributed by atoms with Gasteiger partial charge in [0, 0.05) is 29.9 Å². The molecule has 188 valence electrons. The lowest BCUT2D eigenvalue weighted by molar-refractivity contribution is -0.127. The smallest absolute Gasteiger partial charge is 0.249 e. The van der Waals surface area contributed by atoms with Crippen molar-refractivity contribution in [1.29, 1.82) is 0 Å². The number of anilines is 1. The zero-order chi connectivity index (χ0) is 25.2. The largest absolute Gasteiger partial charge is 0.380 e. The van der Waals surface area contributed by atoms with Gasteiger partial charge < -0.3 is 20.6 Å². The molecule has 8 heteroatoms. The molecule has 0 fully saturated rings. The molecule has 2 aromatic carbocycles. The molecule has 0 radical (unpaired) electrons. The van der Waals surface area contributed by atoms with Gasteiger partial charge in [-0.3, -0.25) is 14.9 Å². The molecule has 3 aliphatic rings. The molecule has 5 rings (SSSR count). The molecule has 2 aromatic rings. The predicted molar refractivity (Wildman–Crippen MR) is 141 cm³/mol. The summed E-state index contributed by atoms with van der Waals surface area (Å²) < 4.78 is 0. The van der Waals surface area contributed by atoms with Gasteiger partial charge in [0.05, 0.1) is 18.5 Å². The third-order valence-corrected chi connectivity index (χ3v) is 7.42. The molecule has 0 saturated carbocycles. The van der Waals surface area contributed by atoms with E-state index in [2.05, 4.69) is 28.1 Å². The third kappa shape index (κ3) is 5.33. The Balaban J connectivity index is 1.44. The number of benzene rings is 2. The molecule has 0 saturated heterocycles. The number of aryl methyl sites for hydroxylation is 1. The maximum atomic E-state index is 13.6. The van der Waals surface area contributed by atoms with E-state index in [1.807, 2.05) is 18.2 Å². The van der Waals surface area contributed by atoms with Gasteiger partial charge in [0.1, 0.15) is 12.3 Å². The summed E-state index contributed by atoms with van der Waals surface area (Å²) in [6, 6.07) is 14.4. The summed E-state index contributed by atoms with van der Waals surface area (Å²) in [6.45, 7) is 0. The monoisotopic (exact) mass is 506 g/mol. The van der Waals surface area contributed by atoms with Gasteiger partial charge in [0.15, 0.2) is 0 Å². The van der Waals surface area contributed by atoms with Crippen LogP contribution in [0.4, 0.5) is 5.69 Å². The van der Waals surface area contributed by atoms with E-state index in [4.69, 9.17) is 11.6 Å². The van der Waals surface area contributed by atoms with Crippen LogP contribution in [-0.2, 0) is 22.4 Å². The molecule has 0 spiro atoms. The zero-order valence-electron chi connectivity index (χ0n) is 20.2. The third-order valence-electron chi connectivity index (χ3n) is 7.17. The Labute approximate surface area is 216 Å². The lowest BCUT2D eigenvalue weighted by Crippen LogP contribution is -2.51. The van der Waals surface area contributed by atoms with E-state index in [1.165, 1.54) is 5.56 Å². The Kier molecular flexibility index (Phi) is 7.14. The SMILES string of the molecule is CN(C(=O)[C@@H]1Cc2cccc(c2)CCCC2=C(CC(=O)N1)C1NC(O)C=CC1N2)c1ccc(Cl)cc1. The normalized spacial score (nSPS) is 25.9. The van der Waals surface area contributed by atoms with Crippen LogP contribution in [0.25, 0.3) is 0 Å². The number of hydrogen-bond donors (Lipinski definition) is 4. The summed E-state index contributed by atoms with van der Waals surface area (Å²) in [7, 11) is 1.71. The van der Waals surface area contributed by atoms with Gasteiger partial charge in [-0.1, -0.05) is 41.9 Å². The average molecular weight is 507 g/mol. The highest BCUT2D eigenvalue weighted by atomic mass is 35.5. The Morgan fingerprint density at radius 3 is 2.64 bits per heavy atom. The predicted octanol–water partition coefficient (Wildman–Crippen LogP) is 2.83. The van der Waals surface area contributed by atoms with Crippen LogP contribution in [-0.4, -0.2) is 48.3 Å². The summed E-state index contributed by atoms with van der Waals surface area (Å²) in [4.78, 5) is 28.5. The van der Waals surface area contributed by atoms with Crippen molar-refractivity contribution in [2.24, 2.45) is 0 Å². The quantitative estimate of drug-likeness (QED) is 0.470. The number of aliphatic hydroxyl groups is 1. The second kappa shape index (κ2) is 10.5. The van der Waals surface area contributed by atoms with E-state index in [1.54, 1.807) is 42.3 Å². The van der Waals surface area contributed by atoms with Gasteiger partial charge >= 0.3 is 0 Å². The molecule has 3 unspecified atom stereocenters. The van der Waals surface area contributed by atoms with Crippen LogP contribution in [0.1, 0.15) is 30.4 Å². The fourth-order valence-electron chi connectivity index (χ4n) is 5.32. The lowest BCUT2D eigenvalue weighted by Gasteiger charge is -2.28. The van der Waals surface area contributed by atoms with Crippen molar-refractivity contribution in [3.8, 4) is 0 Å². The van der Waals surface area contributed by atoms with Crippen molar-refractivity contribution in [2.45, 2.75) is 56.5 Å². The molecular formula is C28H31ClN4O3. The van der Waals surface area contributed by atoms with Crippen molar-refractivity contribution in [1.82, 2.24) is 16.0 Å². The van der Waals surface area contributed by atoms with Crippen LogP contribution < -0.4 is 20.9 Å². The van der Waals surface area contributed by atoms with E-state index >= 15 is 0 Å². The number of amides is 2. The van der Waals surface area contributed by atoms with Gasteiger partial charge in [-0.15, -0.1) is 0 Å². The van der Waals surface area contributed by atoms with E-state index in [0.717, 1.165) is 36.1 Å². The molecule has 4 atom stereocenters. The average Bonchev–Trinajstić information content (AvgIpc) is 3.19. The molecular weight excluding hydrogens is 476 g/mol. The summed E-state index contributed by atoms with van der Waals surface area (Å²) >= 11 is 6.02. The van der Waals surface area contributed by atoms with Gasteiger partial charge in [-0.2, -0.15) is 0 Å². The van der Waals surface area contributed by atoms with Gasteiger partial charge in [0.2, 0.25) is 11.8 Å². The fourth-order valence-corrected chi connectivity index (χ4v) is 5.45.